The van der Waals surface area contributed by atoms with Gasteiger partial charge in [0.2, 0.25) is 0 Å². The van der Waals surface area contributed by atoms with Crippen LogP contribution < -0.4 is 0 Å². The van der Waals surface area contributed by atoms with E-state index in [1.54, 1.807) is 0 Å². The lowest BCUT2D eigenvalue weighted by Gasteiger charge is -2.02. The number of hydrogen-bond donors (Lipinski definition) is 0. The molecule has 0 amide bonds. The molecule has 2 heteroatoms. The standard InChI is InChI=1S/C15H26O2/c1-3-5-6-7-8-9-10-11-12-13-15(16)17-14-4-2/h2H,3,5-14H2,1H3. The minimum atomic E-state index is -0.161. The lowest BCUT2D eigenvalue weighted by molar-refractivity contribution is -0.142. The Labute approximate surface area is 106 Å². The molecule has 0 saturated heterocycles. The number of carbonyl (C=O) groups is 1. The van der Waals surface area contributed by atoms with Gasteiger partial charge in [0, 0.05) is 6.42 Å². The van der Waals surface area contributed by atoms with Crippen molar-refractivity contribution in [2.45, 2.75) is 71.1 Å². The maximum Gasteiger partial charge on any atom is 0.306 e. The first-order valence-corrected chi connectivity index (χ1v) is 6.90. The van der Waals surface area contributed by atoms with E-state index in [1.807, 2.05) is 0 Å². The van der Waals surface area contributed by atoms with Crippen molar-refractivity contribution in [3.05, 3.63) is 0 Å². The van der Waals surface area contributed by atoms with E-state index in [9.17, 15) is 4.79 Å². The molecule has 0 aromatic carbocycles. The molecule has 0 aromatic rings. The van der Waals surface area contributed by atoms with Gasteiger partial charge in [-0.05, 0) is 6.42 Å². The molecule has 0 heterocycles. The maximum atomic E-state index is 11.1. The number of ether oxygens (including phenoxy) is 1. The van der Waals surface area contributed by atoms with E-state index in [0.717, 1.165) is 12.8 Å². The molecule has 0 saturated carbocycles. The van der Waals surface area contributed by atoms with Crippen LogP contribution in [0.5, 0.6) is 0 Å². The van der Waals surface area contributed by atoms with Crippen LogP contribution in [0, 0.1) is 12.3 Å². The molecule has 0 unspecified atom stereocenters. The molecule has 0 atom stereocenters. The van der Waals surface area contributed by atoms with E-state index in [4.69, 9.17) is 11.2 Å². The zero-order chi connectivity index (χ0) is 12.8. The summed E-state index contributed by atoms with van der Waals surface area (Å²) in [5.41, 5.74) is 0. The summed E-state index contributed by atoms with van der Waals surface area (Å²) in [6, 6.07) is 0. The largest absolute Gasteiger partial charge is 0.452 e. The number of unbranched alkanes of at least 4 members (excludes halogenated alkanes) is 8. The zero-order valence-corrected chi connectivity index (χ0v) is 11.2. The van der Waals surface area contributed by atoms with Crippen molar-refractivity contribution in [1.82, 2.24) is 0 Å². The number of rotatable bonds is 11. The fraction of sp³-hybridized carbons (Fsp3) is 0.800. The van der Waals surface area contributed by atoms with Crippen LogP contribution in [0.15, 0.2) is 0 Å². The summed E-state index contributed by atoms with van der Waals surface area (Å²) >= 11 is 0. The zero-order valence-electron chi connectivity index (χ0n) is 11.2. The van der Waals surface area contributed by atoms with E-state index in [0.29, 0.717) is 6.42 Å². The molecule has 0 aliphatic heterocycles. The first-order valence-electron chi connectivity index (χ1n) is 6.90. The van der Waals surface area contributed by atoms with Gasteiger partial charge in [-0.1, -0.05) is 64.2 Å². The van der Waals surface area contributed by atoms with Crippen LogP contribution in [0.1, 0.15) is 71.1 Å². The average molecular weight is 238 g/mol. The summed E-state index contributed by atoms with van der Waals surface area (Å²) in [6.45, 7) is 2.34. The van der Waals surface area contributed by atoms with Gasteiger partial charge < -0.3 is 4.74 Å². The van der Waals surface area contributed by atoms with Gasteiger partial charge in [-0.15, -0.1) is 6.42 Å². The Morgan fingerprint density at radius 3 is 2.06 bits per heavy atom. The third-order valence-corrected chi connectivity index (χ3v) is 2.80. The van der Waals surface area contributed by atoms with Crippen LogP contribution >= 0.6 is 0 Å². The summed E-state index contributed by atoms with van der Waals surface area (Å²) in [6.07, 6.45) is 16.8. The van der Waals surface area contributed by atoms with Crippen LogP contribution in [0.25, 0.3) is 0 Å². The van der Waals surface area contributed by atoms with E-state index in [-0.39, 0.29) is 12.6 Å². The van der Waals surface area contributed by atoms with Crippen molar-refractivity contribution in [2.75, 3.05) is 6.61 Å². The highest BCUT2D eigenvalue weighted by molar-refractivity contribution is 5.69. The van der Waals surface area contributed by atoms with E-state index in [2.05, 4.69) is 12.8 Å². The Balaban J connectivity index is 3.08. The van der Waals surface area contributed by atoms with E-state index < -0.39 is 0 Å². The van der Waals surface area contributed by atoms with Crippen molar-refractivity contribution < 1.29 is 9.53 Å². The molecule has 0 fully saturated rings. The summed E-state index contributed by atoms with van der Waals surface area (Å²) in [5.74, 6) is 2.13. The van der Waals surface area contributed by atoms with Crippen molar-refractivity contribution in [3.63, 3.8) is 0 Å². The number of carbonyl (C=O) groups excluding carboxylic acids is 1. The van der Waals surface area contributed by atoms with Crippen LogP contribution in [0.4, 0.5) is 0 Å². The van der Waals surface area contributed by atoms with Gasteiger partial charge in [0.1, 0.15) is 0 Å². The van der Waals surface area contributed by atoms with E-state index >= 15 is 0 Å². The molecular weight excluding hydrogens is 212 g/mol. The van der Waals surface area contributed by atoms with Crippen molar-refractivity contribution in [3.8, 4) is 12.3 Å². The Morgan fingerprint density at radius 1 is 1.00 bits per heavy atom. The quantitative estimate of drug-likeness (QED) is 0.308. The van der Waals surface area contributed by atoms with Crippen molar-refractivity contribution in [2.24, 2.45) is 0 Å². The Morgan fingerprint density at radius 2 is 1.53 bits per heavy atom. The summed E-state index contributed by atoms with van der Waals surface area (Å²) in [5, 5.41) is 0. The first kappa shape index (κ1) is 16.0. The molecule has 0 radical (unpaired) electrons. The average Bonchev–Trinajstić information content (AvgIpc) is 2.34. The van der Waals surface area contributed by atoms with Crippen molar-refractivity contribution in [1.29, 1.82) is 0 Å². The topological polar surface area (TPSA) is 26.3 Å². The smallest absolute Gasteiger partial charge is 0.306 e. The van der Waals surface area contributed by atoms with Gasteiger partial charge in [0.05, 0.1) is 0 Å². The second-order valence-corrected chi connectivity index (χ2v) is 4.44. The van der Waals surface area contributed by atoms with Gasteiger partial charge in [-0.3, -0.25) is 4.79 Å². The monoisotopic (exact) mass is 238 g/mol. The highest BCUT2D eigenvalue weighted by Crippen LogP contribution is 2.10. The highest BCUT2D eigenvalue weighted by Gasteiger charge is 2.00. The molecule has 2 nitrogen and oxygen atoms in total. The van der Waals surface area contributed by atoms with Crippen molar-refractivity contribution >= 4 is 5.97 Å². The lowest BCUT2D eigenvalue weighted by atomic mass is 10.1. The number of esters is 1. The lowest BCUT2D eigenvalue weighted by Crippen LogP contribution is -2.03. The molecule has 0 aromatic heterocycles. The van der Waals surface area contributed by atoms with E-state index in [1.165, 1.54) is 44.9 Å². The SMILES string of the molecule is C#CCOC(=O)CCCCCCCCCCC. The number of terminal acetylenes is 1. The first-order chi connectivity index (χ1) is 8.31. The summed E-state index contributed by atoms with van der Waals surface area (Å²) < 4.78 is 4.79. The second kappa shape index (κ2) is 13.1. The van der Waals surface area contributed by atoms with Gasteiger partial charge >= 0.3 is 5.97 Å². The molecule has 0 aliphatic carbocycles. The Kier molecular flexibility index (Phi) is 12.3. The van der Waals surface area contributed by atoms with Crippen LogP contribution in [0.2, 0.25) is 0 Å². The molecule has 0 bridgehead atoms. The Hall–Kier alpha value is -0.970. The Bertz CT molecular complexity index is 215. The minimum Gasteiger partial charge on any atom is -0.452 e. The molecule has 0 rings (SSSR count). The van der Waals surface area contributed by atoms with Gasteiger partial charge in [0.25, 0.3) is 0 Å². The molecule has 98 valence electrons. The third-order valence-electron chi connectivity index (χ3n) is 2.80. The number of hydrogen-bond acceptors (Lipinski definition) is 2. The van der Waals surface area contributed by atoms with Crippen LogP contribution in [-0.4, -0.2) is 12.6 Å². The second-order valence-electron chi connectivity index (χ2n) is 4.44. The summed E-state index contributed by atoms with van der Waals surface area (Å²) in [7, 11) is 0. The third kappa shape index (κ3) is 13.0. The van der Waals surface area contributed by atoms with Crippen LogP contribution in [-0.2, 0) is 9.53 Å². The fourth-order valence-electron chi connectivity index (χ4n) is 1.77. The van der Waals surface area contributed by atoms with Gasteiger partial charge in [-0.25, -0.2) is 0 Å². The normalized spacial score (nSPS) is 9.88. The highest BCUT2D eigenvalue weighted by atomic mass is 16.5. The fourth-order valence-corrected chi connectivity index (χ4v) is 1.77. The van der Waals surface area contributed by atoms with Gasteiger partial charge in [-0.2, -0.15) is 0 Å². The molecule has 17 heavy (non-hydrogen) atoms. The molecule has 0 N–H and O–H groups in total. The molecule has 0 spiro atoms. The van der Waals surface area contributed by atoms with Gasteiger partial charge in [0.15, 0.2) is 6.61 Å². The molecule has 0 aliphatic rings. The summed E-state index contributed by atoms with van der Waals surface area (Å²) in [4.78, 5) is 11.1. The maximum absolute atomic E-state index is 11.1. The predicted octanol–water partition coefficient (Wildman–Crippen LogP) is 4.08. The molecular formula is C15H26O2. The minimum absolute atomic E-state index is 0.107. The predicted molar refractivity (Wildman–Crippen MR) is 71.6 cm³/mol. The van der Waals surface area contributed by atoms with Crippen LogP contribution in [0.3, 0.4) is 0 Å².